The number of cyclic esters (lactones) is 1. The Bertz CT molecular complexity index is 1510. The molecule has 10 nitrogen and oxygen atoms in total. The molecule has 1 saturated heterocycles. The molecule has 4 bridgehead atoms. The highest BCUT2D eigenvalue weighted by Gasteiger charge is 2.67. The van der Waals surface area contributed by atoms with Crippen LogP contribution in [0.25, 0.3) is 0 Å². The van der Waals surface area contributed by atoms with E-state index in [0.717, 1.165) is 25.7 Å². The zero-order valence-electron chi connectivity index (χ0n) is 34.8. The Morgan fingerprint density at radius 3 is 2.17 bits per heavy atom. The predicted molar refractivity (Wildman–Crippen MR) is 201 cm³/mol. The largest absolute Gasteiger partial charge is 0.481 e. The normalized spacial score (nSPS) is 38.5. The number of ketones is 1. The van der Waals surface area contributed by atoms with E-state index in [1.54, 1.807) is 14.0 Å². The van der Waals surface area contributed by atoms with Crippen LogP contribution < -0.4 is 0 Å². The highest BCUT2D eigenvalue weighted by Crippen LogP contribution is 2.68. The van der Waals surface area contributed by atoms with Gasteiger partial charge in [-0.2, -0.15) is 0 Å². The van der Waals surface area contributed by atoms with Crippen LogP contribution in [0, 0.1) is 80.8 Å². The average Bonchev–Trinajstić information content (AvgIpc) is 3.91. The van der Waals surface area contributed by atoms with Crippen molar-refractivity contribution in [2.75, 3.05) is 13.7 Å². The molecular weight excluding hydrogens is 688 g/mol. The molecule has 0 spiro atoms. The summed E-state index contributed by atoms with van der Waals surface area (Å²) in [6.07, 6.45) is 6.40. The van der Waals surface area contributed by atoms with Crippen LogP contribution in [-0.2, 0) is 42.9 Å². The van der Waals surface area contributed by atoms with E-state index in [-0.39, 0.29) is 66.2 Å². The summed E-state index contributed by atoms with van der Waals surface area (Å²) < 4.78 is 23.8. The summed E-state index contributed by atoms with van der Waals surface area (Å²) in [5, 5.41) is 9.76. The van der Waals surface area contributed by atoms with Crippen LogP contribution >= 0.6 is 0 Å². The molecule has 6 rings (SSSR count). The van der Waals surface area contributed by atoms with Crippen LogP contribution in [0.3, 0.4) is 0 Å². The molecule has 15 unspecified atom stereocenters. The Hall–Kier alpha value is -2.49. The van der Waals surface area contributed by atoms with Gasteiger partial charge in [-0.3, -0.25) is 24.0 Å². The summed E-state index contributed by atoms with van der Waals surface area (Å²) in [5.74, 6) is -0.997. The number of carboxylic acid groups (broad SMARTS) is 1. The fourth-order valence-corrected chi connectivity index (χ4v) is 13.2. The van der Waals surface area contributed by atoms with E-state index >= 15 is 4.79 Å². The van der Waals surface area contributed by atoms with Crippen LogP contribution in [0.4, 0.5) is 0 Å². The average molecular weight is 757 g/mol. The molecule has 0 amide bonds. The maximum absolute atomic E-state index is 15.6. The number of methoxy groups -OCH3 is 1. The lowest BCUT2D eigenvalue weighted by atomic mass is 9.54. The second-order valence-corrected chi connectivity index (χ2v) is 21.3. The Morgan fingerprint density at radius 2 is 1.54 bits per heavy atom. The SMILES string of the molecule is COC1C2CC(C1OC(=O)C(C)(C)CC(C)(CC(C)(CCC(C)C(C)C(=O)O)C(=O)OC(C)(C)C)C(=O)C1(C)CC3CC1C1CCCC31)C1C(=O)OCC21. The van der Waals surface area contributed by atoms with Gasteiger partial charge in [-0.1, -0.05) is 34.1 Å². The maximum Gasteiger partial charge on any atom is 0.312 e. The second-order valence-electron chi connectivity index (χ2n) is 21.3. The summed E-state index contributed by atoms with van der Waals surface area (Å²) in [5.41, 5.74) is -4.77. The van der Waals surface area contributed by atoms with Crippen LogP contribution in [0.2, 0.25) is 0 Å². The number of hydrogen-bond acceptors (Lipinski definition) is 9. The van der Waals surface area contributed by atoms with Crippen molar-refractivity contribution in [1.29, 1.82) is 0 Å². The standard InChI is InChI=1S/C44H68O10/c1-23(24(2)35(45)46)15-16-42(8,39(50)54-40(3,4)5)22-43(9,37(48)44(10)19-25-17-31(44)27-14-12-13-26(25)27)21-41(6,7)38(49)53-34-29-18-28(33(34)51-11)30-20-52-36(47)32(29)30/h23-34H,12-22H2,1-11H3,(H,45,46). The third kappa shape index (κ3) is 7.05. The van der Waals surface area contributed by atoms with Gasteiger partial charge < -0.3 is 24.1 Å². The van der Waals surface area contributed by atoms with Gasteiger partial charge in [0.05, 0.1) is 35.4 Å². The summed E-state index contributed by atoms with van der Waals surface area (Å²) >= 11 is 0. The third-order valence-electron chi connectivity index (χ3n) is 15.7. The van der Waals surface area contributed by atoms with Crippen LogP contribution in [-0.4, -0.2) is 66.3 Å². The summed E-state index contributed by atoms with van der Waals surface area (Å²) in [7, 11) is 1.63. The lowest BCUT2D eigenvalue weighted by molar-refractivity contribution is -0.179. The minimum Gasteiger partial charge on any atom is -0.481 e. The summed E-state index contributed by atoms with van der Waals surface area (Å²) in [4.78, 5) is 69.2. The molecule has 0 aromatic heterocycles. The molecule has 5 saturated carbocycles. The zero-order chi connectivity index (χ0) is 39.9. The van der Waals surface area contributed by atoms with Gasteiger partial charge in [-0.05, 0) is 135 Å². The van der Waals surface area contributed by atoms with Gasteiger partial charge >= 0.3 is 23.9 Å². The van der Waals surface area contributed by atoms with E-state index in [0.29, 0.717) is 37.2 Å². The van der Waals surface area contributed by atoms with Gasteiger partial charge in [0.2, 0.25) is 0 Å². The minimum atomic E-state index is -1.14. The van der Waals surface area contributed by atoms with Crippen molar-refractivity contribution in [3.8, 4) is 0 Å². The van der Waals surface area contributed by atoms with Gasteiger partial charge in [0, 0.05) is 29.8 Å². The number of hydrogen-bond donors (Lipinski definition) is 1. The fraction of sp³-hybridized carbons (Fsp3) is 0.886. The Balaban J connectivity index is 1.32. The smallest absolute Gasteiger partial charge is 0.312 e. The van der Waals surface area contributed by atoms with Crippen molar-refractivity contribution in [1.82, 2.24) is 0 Å². The van der Waals surface area contributed by atoms with Crippen molar-refractivity contribution < 1.29 is 48.0 Å². The van der Waals surface area contributed by atoms with E-state index in [1.807, 2.05) is 55.4 Å². The lowest BCUT2D eigenvalue weighted by Crippen LogP contribution is -2.52. The Morgan fingerprint density at radius 1 is 0.870 bits per heavy atom. The number of Topliss-reactive ketones (excluding diaryl/α,β-unsaturated/α-hetero) is 1. The third-order valence-corrected chi connectivity index (χ3v) is 15.7. The number of ether oxygens (including phenoxy) is 4. The maximum atomic E-state index is 15.6. The van der Waals surface area contributed by atoms with Crippen molar-refractivity contribution in [3.05, 3.63) is 0 Å². The summed E-state index contributed by atoms with van der Waals surface area (Å²) in [6.45, 7) is 19.1. The lowest BCUT2D eigenvalue weighted by Gasteiger charge is -2.48. The van der Waals surface area contributed by atoms with Crippen molar-refractivity contribution >= 4 is 29.7 Å². The number of fused-ring (bicyclic) bond motifs is 10. The van der Waals surface area contributed by atoms with Gasteiger partial charge in [0.1, 0.15) is 17.5 Å². The molecule has 15 atom stereocenters. The number of carbonyl (C=O) groups excluding carboxylic acids is 4. The topological polar surface area (TPSA) is 142 Å². The molecule has 5 aliphatic carbocycles. The fourth-order valence-electron chi connectivity index (χ4n) is 13.2. The van der Waals surface area contributed by atoms with E-state index in [1.165, 1.54) is 12.8 Å². The molecule has 0 aromatic rings. The van der Waals surface area contributed by atoms with Crippen molar-refractivity contribution in [2.24, 2.45) is 80.8 Å². The van der Waals surface area contributed by atoms with Crippen LogP contribution in [0.5, 0.6) is 0 Å². The first kappa shape index (κ1) is 41.2. The molecular formula is C44H68O10. The molecule has 0 aromatic carbocycles. The number of esters is 3. The molecule has 54 heavy (non-hydrogen) atoms. The quantitative estimate of drug-likeness (QED) is 0.131. The van der Waals surface area contributed by atoms with E-state index < -0.39 is 57.2 Å². The first-order chi connectivity index (χ1) is 25.0. The highest BCUT2D eigenvalue weighted by atomic mass is 16.6. The van der Waals surface area contributed by atoms with Gasteiger partial charge in [-0.15, -0.1) is 0 Å². The van der Waals surface area contributed by atoms with Gasteiger partial charge in [0.25, 0.3) is 0 Å². The highest BCUT2D eigenvalue weighted by molar-refractivity contribution is 5.92. The Kier molecular flexibility index (Phi) is 10.8. The number of aliphatic carboxylic acids is 1. The van der Waals surface area contributed by atoms with Gasteiger partial charge in [0.15, 0.2) is 0 Å². The molecule has 6 aliphatic rings. The second kappa shape index (κ2) is 14.2. The van der Waals surface area contributed by atoms with E-state index in [9.17, 15) is 24.3 Å². The number of carboxylic acids is 1. The van der Waals surface area contributed by atoms with Crippen LogP contribution in [0.1, 0.15) is 133 Å². The van der Waals surface area contributed by atoms with Crippen molar-refractivity contribution in [3.63, 3.8) is 0 Å². The first-order valence-electron chi connectivity index (χ1n) is 20.9. The predicted octanol–water partition coefficient (Wildman–Crippen LogP) is 7.68. The minimum absolute atomic E-state index is 0.0714. The number of rotatable bonds is 15. The molecule has 1 aliphatic heterocycles. The van der Waals surface area contributed by atoms with Crippen molar-refractivity contribution in [2.45, 2.75) is 151 Å². The monoisotopic (exact) mass is 756 g/mol. The molecule has 1 N–H and O–H groups in total. The zero-order valence-corrected chi connectivity index (χ0v) is 34.8. The van der Waals surface area contributed by atoms with E-state index in [2.05, 4.69) is 6.92 Å². The molecule has 1 heterocycles. The van der Waals surface area contributed by atoms with E-state index in [4.69, 9.17) is 18.9 Å². The molecule has 10 heteroatoms. The summed E-state index contributed by atoms with van der Waals surface area (Å²) in [6, 6.07) is 0. The Labute approximate surface area is 322 Å². The molecule has 0 radical (unpaired) electrons. The number of carbonyl (C=O) groups is 5. The first-order valence-corrected chi connectivity index (χ1v) is 20.9. The molecule has 304 valence electrons. The van der Waals surface area contributed by atoms with Gasteiger partial charge in [-0.25, -0.2) is 0 Å². The van der Waals surface area contributed by atoms with Crippen LogP contribution in [0.15, 0.2) is 0 Å². The molecule has 6 fully saturated rings.